The summed E-state index contributed by atoms with van der Waals surface area (Å²) < 4.78 is 28.8. The molecule has 0 radical (unpaired) electrons. The summed E-state index contributed by atoms with van der Waals surface area (Å²) >= 11 is 0. The van der Waals surface area contributed by atoms with Crippen LogP contribution in [0.2, 0.25) is 0 Å². The van der Waals surface area contributed by atoms with E-state index in [0.29, 0.717) is 24.5 Å². The maximum atomic E-state index is 14.4. The maximum Gasteiger partial charge on any atom is 0.257 e. The number of nitrogens with one attached hydrogen (secondary N) is 2. The number of carbonyl (C=O) groups excluding carboxylic acids is 2. The summed E-state index contributed by atoms with van der Waals surface area (Å²) in [6.45, 7) is 4.82. The van der Waals surface area contributed by atoms with Crippen LogP contribution in [0.5, 0.6) is 0 Å². The number of hydrogen-bond acceptors (Lipinski definition) is 6. The fourth-order valence-electron chi connectivity index (χ4n) is 4.73. The third-order valence-corrected chi connectivity index (χ3v) is 6.93. The van der Waals surface area contributed by atoms with Crippen molar-refractivity contribution in [1.29, 1.82) is 0 Å². The first-order chi connectivity index (χ1) is 17.6. The lowest BCUT2D eigenvalue weighted by Crippen LogP contribution is -2.36. The number of rotatable bonds is 6. The van der Waals surface area contributed by atoms with Gasteiger partial charge in [0.25, 0.3) is 5.91 Å². The minimum absolute atomic E-state index is 0.00527. The van der Waals surface area contributed by atoms with Gasteiger partial charge < -0.3 is 20.6 Å². The second kappa shape index (κ2) is 9.51. The third kappa shape index (κ3) is 5.01. The van der Waals surface area contributed by atoms with Gasteiger partial charge in [0.05, 0.1) is 29.8 Å². The largest absolute Gasteiger partial charge is 0.390 e. The van der Waals surface area contributed by atoms with Crippen LogP contribution in [0.1, 0.15) is 41.9 Å². The van der Waals surface area contributed by atoms with Crippen molar-refractivity contribution in [3.05, 3.63) is 70.9 Å². The number of amides is 2. The Balaban J connectivity index is 1.34. The molecule has 2 amide bonds. The van der Waals surface area contributed by atoms with Crippen molar-refractivity contribution in [2.75, 3.05) is 18.4 Å². The van der Waals surface area contributed by atoms with Crippen LogP contribution < -0.4 is 10.6 Å². The van der Waals surface area contributed by atoms with Crippen LogP contribution >= 0.6 is 0 Å². The van der Waals surface area contributed by atoms with Gasteiger partial charge in [-0.05, 0) is 50.1 Å². The molecule has 1 saturated heterocycles. The Morgan fingerprint density at radius 3 is 2.49 bits per heavy atom. The van der Waals surface area contributed by atoms with Crippen molar-refractivity contribution in [2.24, 2.45) is 5.92 Å². The Labute approximate surface area is 212 Å². The molecule has 5 rings (SSSR count). The average molecular weight is 508 g/mol. The molecule has 1 unspecified atom stereocenters. The first-order valence-electron chi connectivity index (χ1n) is 12.1. The van der Waals surface area contributed by atoms with Crippen LogP contribution in [0.3, 0.4) is 0 Å². The SMILES string of the molecule is CC(C)(O)C1CCN(C(=O)Cc2ccc(Nc3nc(-c4c(F)cccc4F)nc4c3C(=O)NC4)cc2)C1. The van der Waals surface area contributed by atoms with Gasteiger partial charge >= 0.3 is 0 Å². The number of benzene rings is 2. The first-order valence-corrected chi connectivity index (χ1v) is 12.1. The van der Waals surface area contributed by atoms with Crippen LogP contribution in [0.25, 0.3) is 11.4 Å². The molecule has 2 aromatic carbocycles. The number of aliphatic hydroxyl groups is 1. The van der Waals surface area contributed by atoms with Crippen molar-refractivity contribution in [1.82, 2.24) is 20.2 Å². The van der Waals surface area contributed by atoms with Crippen molar-refractivity contribution >= 4 is 23.3 Å². The number of nitrogens with zero attached hydrogens (tertiary/aromatic N) is 3. The Hall–Kier alpha value is -3.92. The molecule has 192 valence electrons. The summed E-state index contributed by atoms with van der Waals surface area (Å²) in [6.07, 6.45) is 0.995. The molecular weight excluding hydrogens is 480 g/mol. The normalized spacial score (nSPS) is 17.1. The molecule has 1 fully saturated rings. The summed E-state index contributed by atoms with van der Waals surface area (Å²) in [4.78, 5) is 35.5. The highest BCUT2D eigenvalue weighted by molar-refractivity contribution is 6.03. The van der Waals surface area contributed by atoms with Crippen molar-refractivity contribution in [2.45, 2.75) is 38.8 Å². The fourth-order valence-corrected chi connectivity index (χ4v) is 4.73. The van der Waals surface area contributed by atoms with Gasteiger partial charge in [-0.15, -0.1) is 0 Å². The third-order valence-electron chi connectivity index (χ3n) is 6.93. The summed E-state index contributed by atoms with van der Waals surface area (Å²) in [5.41, 5.74) is 0.767. The molecule has 10 heteroatoms. The minimum Gasteiger partial charge on any atom is -0.390 e. The van der Waals surface area contributed by atoms with Crippen LogP contribution in [0.4, 0.5) is 20.3 Å². The zero-order chi connectivity index (χ0) is 26.3. The number of anilines is 2. The maximum absolute atomic E-state index is 14.4. The number of aromatic nitrogens is 2. The van der Waals surface area contributed by atoms with E-state index >= 15 is 0 Å². The zero-order valence-electron chi connectivity index (χ0n) is 20.5. The molecule has 0 spiro atoms. The Morgan fingerprint density at radius 2 is 1.84 bits per heavy atom. The molecule has 0 saturated carbocycles. The molecule has 3 N–H and O–H groups in total. The molecule has 37 heavy (non-hydrogen) atoms. The predicted octanol–water partition coefficient (Wildman–Crippen LogP) is 3.57. The highest BCUT2D eigenvalue weighted by Crippen LogP contribution is 2.31. The lowest BCUT2D eigenvalue weighted by atomic mass is 9.90. The molecule has 1 atom stereocenters. The molecule has 3 heterocycles. The highest BCUT2D eigenvalue weighted by Gasteiger charge is 2.35. The Bertz CT molecular complexity index is 1350. The molecular formula is C27H27F2N5O3. The number of likely N-dealkylation sites (tertiary alicyclic amines) is 1. The van der Waals surface area contributed by atoms with Crippen LogP contribution in [-0.4, -0.2) is 50.5 Å². The molecule has 3 aromatic rings. The van der Waals surface area contributed by atoms with Gasteiger partial charge in [-0.1, -0.05) is 18.2 Å². The van der Waals surface area contributed by atoms with Crippen molar-refractivity contribution in [3.63, 3.8) is 0 Å². The van der Waals surface area contributed by atoms with E-state index in [0.717, 1.165) is 24.1 Å². The number of fused-ring (bicyclic) bond motifs is 1. The lowest BCUT2D eigenvalue weighted by molar-refractivity contribution is -0.129. The van der Waals surface area contributed by atoms with E-state index in [4.69, 9.17) is 0 Å². The van der Waals surface area contributed by atoms with Gasteiger partial charge in [0.2, 0.25) is 5.91 Å². The van der Waals surface area contributed by atoms with E-state index in [1.807, 2.05) is 0 Å². The quantitative estimate of drug-likeness (QED) is 0.471. The van der Waals surface area contributed by atoms with E-state index in [1.54, 1.807) is 43.0 Å². The topological polar surface area (TPSA) is 107 Å². The van der Waals surface area contributed by atoms with Gasteiger partial charge in [-0.3, -0.25) is 9.59 Å². The first kappa shape index (κ1) is 24.8. The summed E-state index contributed by atoms with van der Waals surface area (Å²) in [5, 5.41) is 15.9. The Morgan fingerprint density at radius 1 is 1.14 bits per heavy atom. The predicted molar refractivity (Wildman–Crippen MR) is 133 cm³/mol. The van der Waals surface area contributed by atoms with Crippen molar-refractivity contribution in [3.8, 4) is 11.4 Å². The average Bonchev–Trinajstić information content (AvgIpc) is 3.48. The molecule has 8 nitrogen and oxygen atoms in total. The lowest BCUT2D eigenvalue weighted by Gasteiger charge is -2.25. The highest BCUT2D eigenvalue weighted by atomic mass is 19.1. The van der Waals surface area contributed by atoms with E-state index in [9.17, 15) is 23.5 Å². The van der Waals surface area contributed by atoms with Gasteiger partial charge in [-0.25, -0.2) is 18.7 Å². The second-order valence-electron chi connectivity index (χ2n) is 9.97. The smallest absolute Gasteiger partial charge is 0.257 e. The molecule has 2 aliphatic rings. The van der Waals surface area contributed by atoms with Gasteiger partial charge in [-0.2, -0.15) is 0 Å². The fraction of sp³-hybridized carbons (Fsp3) is 0.333. The minimum atomic E-state index is -0.821. The molecule has 2 aliphatic heterocycles. The number of carbonyl (C=O) groups is 2. The standard InChI is InChI=1S/C27H27F2N5O3/c1-27(2,37)16-10-11-34(14-16)21(35)12-15-6-8-17(9-7-15)31-25-23-20(13-30-26(23)36)32-24(33-25)22-18(28)4-3-5-19(22)29/h3-9,16,37H,10-14H2,1-2H3,(H,30,36)(H,31,32,33). The monoisotopic (exact) mass is 507 g/mol. The van der Waals surface area contributed by atoms with Gasteiger partial charge in [0.1, 0.15) is 23.0 Å². The van der Waals surface area contributed by atoms with E-state index < -0.39 is 17.2 Å². The molecule has 0 aliphatic carbocycles. The number of halogens is 2. The Kier molecular flexibility index (Phi) is 6.36. The summed E-state index contributed by atoms with van der Waals surface area (Å²) in [6, 6.07) is 10.6. The van der Waals surface area contributed by atoms with Crippen LogP contribution in [0.15, 0.2) is 42.5 Å². The second-order valence-corrected chi connectivity index (χ2v) is 9.97. The zero-order valence-corrected chi connectivity index (χ0v) is 20.5. The van der Waals surface area contributed by atoms with E-state index in [2.05, 4.69) is 20.6 Å². The molecule has 1 aromatic heterocycles. The van der Waals surface area contributed by atoms with Crippen LogP contribution in [-0.2, 0) is 17.8 Å². The number of hydrogen-bond donors (Lipinski definition) is 3. The van der Waals surface area contributed by atoms with Crippen molar-refractivity contribution < 1.29 is 23.5 Å². The molecule has 0 bridgehead atoms. The van der Waals surface area contributed by atoms with Gasteiger partial charge in [0, 0.05) is 24.7 Å². The van der Waals surface area contributed by atoms with E-state index in [1.165, 1.54) is 6.07 Å². The van der Waals surface area contributed by atoms with Gasteiger partial charge in [0.15, 0.2) is 5.82 Å². The van der Waals surface area contributed by atoms with Crippen LogP contribution in [0, 0.1) is 17.6 Å². The van der Waals surface area contributed by atoms with E-state index in [-0.39, 0.29) is 53.5 Å². The summed E-state index contributed by atoms with van der Waals surface area (Å²) in [7, 11) is 0. The summed E-state index contributed by atoms with van der Waals surface area (Å²) in [5.74, 6) is -1.96.